The van der Waals surface area contributed by atoms with Crippen LogP contribution in [0.25, 0.3) is 0 Å². The fourth-order valence-corrected chi connectivity index (χ4v) is 3.09. The van der Waals surface area contributed by atoms with E-state index in [1.165, 1.54) is 6.42 Å². The first-order chi connectivity index (χ1) is 7.94. The molecular weight excluding hydrogens is 216 g/mol. The van der Waals surface area contributed by atoms with Crippen LogP contribution in [0.15, 0.2) is 0 Å². The molecule has 2 rings (SSSR count). The molecule has 1 spiro atoms. The van der Waals surface area contributed by atoms with Crippen molar-refractivity contribution in [1.82, 2.24) is 10.2 Å². The number of likely N-dealkylation sites (N-methyl/N-ethyl adjacent to an activating group) is 1. The summed E-state index contributed by atoms with van der Waals surface area (Å²) in [7, 11) is 0. The van der Waals surface area contributed by atoms with Gasteiger partial charge in [0.15, 0.2) is 0 Å². The molecule has 1 aliphatic carbocycles. The molecule has 1 N–H and O–H groups in total. The average molecular weight is 238 g/mol. The lowest BCUT2D eigenvalue weighted by Gasteiger charge is -2.51. The molecule has 0 atom stereocenters. The van der Waals surface area contributed by atoms with Crippen LogP contribution in [0.5, 0.6) is 0 Å². The van der Waals surface area contributed by atoms with Crippen LogP contribution in [0.4, 0.5) is 0 Å². The molecule has 0 aromatic heterocycles. The maximum absolute atomic E-state index is 12.6. The number of nitrogens with zero attached hydrogens (tertiary/aromatic N) is 1. The molecule has 2 aliphatic rings. The monoisotopic (exact) mass is 238 g/mol. The van der Waals surface area contributed by atoms with E-state index < -0.39 is 11.1 Å². The van der Waals surface area contributed by atoms with Gasteiger partial charge in [0.2, 0.25) is 11.8 Å². The smallest absolute Gasteiger partial charge is 0.249 e. The highest BCUT2D eigenvalue weighted by Crippen LogP contribution is 2.35. The molecule has 0 bridgehead atoms. The quantitative estimate of drug-likeness (QED) is 0.751. The molecule has 1 aliphatic heterocycles. The second-order valence-electron chi connectivity index (χ2n) is 5.71. The maximum Gasteiger partial charge on any atom is 0.249 e. The van der Waals surface area contributed by atoms with Gasteiger partial charge in [-0.1, -0.05) is 19.3 Å². The Morgan fingerprint density at radius 2 is 1.76 bits per heavy atom. The number of hydrogen-bond donors (Lipinski definition) is 1. The fraction of sp³-hybridized carbons (Fsp3) is 0.846. The number of carbonyl (C=O) groups is 2. The maximum atomic E-state index is 12.6. The Bertz CT molecular complexity index is 343. The molecular formula is C13H22N2O2. The summed E-state index contributed by atoms with van der Waals surface area (Å²) in [5.41, 5.74) is -1.31. The van der Waals surface area contributed by atoms with E-state index >= 15 is 0 Å². The summed E-state index contributed by atoms with van der Waals surface area (Å²) < 4.78 is 0. The Morgan fingerprint density at radius 1 is 1.18 bits per heavy atom. The summed E-state index contributed by atoms with van der Waals surface area (Å²) in [4.78, 5) is 26.5. The van der Waals surface area contributed by atoms with Crippen LogP contribution in [0, 0.1) is 0 Å². The normalized spacial score (nSPS) is 27.1. The molecule has 4 nitrogen and oxygen atoms in total. The summed E-state index contributed by atoms with van der Waals surface area (Å²) >= 11 is 0. The lowest BCUT2D eigenvalue weighted by molar-refractivity contribution is -0.162. The van der Waals surface area contributed by atoms with Gasteiger partial charge in [0.1, 0.15) is 11.1 Å². The van der Waals surface area contributed by atoms with Crippen molar-refractivity contribution in [2.24, 2.45) is 0 Å². The molecule has 17 heavy (non-hydrogen) atoms. The van der Waals surface area contributed by atoms with Gasteiger partial charge in [-0.15, -0.1) is 0 Å². The number of rotatable bonds is 1. The van der Waals surface area contributed by atoms with Crippen molar-refractivity contribution in [3.63, 3.8) is 0 Å². The van der Waals surface area contributed by atoms with Gasteiger partial charge in [0.25, 0.3) is 0 Å². The van der Waals surface area contributed by atoms with Crippen molar-refractivity contribution >= 4 is 11.8 Å². The predicted molar refractivity (Wildman–Crippen MR) is 65.4 cm³/mol. The van der Waals surface area contributed by atoms with E-state index in [2.05, 4.69) is 5.32 Å². The Labute approximate surface area is 103 Å². The van der Waals surface area contributed by atoms with E-state index in [1.54, 1.807) is 4.90 Å². The van der Waals surface area contributed by atoms with Gasteiger partial charge in [-0.05, 0) is 33.6 Å². The highest BCUT2D eigenvalue weighted by molar-refractivity contribution is 6.01. The van der Waals surface area contributed by atoms with Crippen LogP contribution < -0.4 is 5.32 Å². The van der Waals surface area contributed by atoms with Gasteiger partial charge in [-0.3, -0.25) is 9.59 Å². The zero-order valence-electron chi connectivity index (χ0n) is 11.0. The van der Waals surface area contributed by atoms with Gasteiger partial charge in [0.05, 0.1) is 0 Å². The third kappa shape index (κ3) is 1.74. The molecule has 96 valence electrons. The summed E-state index contributed by atoms with van der Waals surface area (Å²) in [5, 5.41) is 3.01. The van der Waals surface area contributed by atoms with Gasteiger partial charge < -0.3 is 10.2 Å². The molecule has 0 radical (unpaired) electrons. The van der Waals surface area contributed by atoms with Gasteiger partial charge in [-0.2, -0.15) is 0 Å². The van der Waals surface area contributed by atoms with Crippen molar-refractivity contribution in [3.8, 4) is 0 Å². The Kier molecular flexibility index (Phi) is 2.92. The highest BCUT2D eigenvalue weighted by atomic mass is 16.2. The van der Waals surface area contributed by atoms with Gasteiger partial charge in [0, 0.05) is 6.54 Å². The minimum Gasteiger partial charge on any atom is -0.340 e. The van der Waals surface area contributed by atoms with E-state index in [-0.39, 0.29) is 11.8 Å². The van der Waals surface area contributed by atoms with E-state index in [0.29, 0.717) is 6.54 Å². The molecule has 1 saturated carbocycles. The minimum absolute atomic E-state index is 0.0131. The molecule has 2 amide bonds. The van der Waals surface area contributed by atoms with Crippen LogP contribution in [-0.4, -0.2) is 34.3 Å². The second-order valence-corrected chi connectivity index (χ2v) is 5.71. The SMILES string of the molecule is CCN1C(=O)C2(CCCCC2)NC(=O)C1(C)C. The van der Waals surface area contributed by atoms with Crippen LogP contribution >= 0.6 is 0 Å². The molecule has 4 heteroatoms. The number of amides is 2. The first kappa shape index (κ1) is 12.4. The number of piperazine rings is 1. The molecule has 1 heterocycles. The Morgan fingerprint density at radius 3 is 2.29 bits per heavy atom. The molecule has 0 unspecified atom stereocenters. The lowest BCUT2D eigenvalue weighted by Crippen LogP contribution is -2.74. The van der Waals surface area contributed by atoms with Gasteiger partial charge in [-0.25, -0.2) is 0 Å². The van der Waals surface area contributed by atoms with E-state index in [4.69, 9.17) is 0 Å². The van der Waals surface area contributed by atoms with E-state index in [0.717, 1.165) is 25.7 Å². The molecule has 0 aromatic carbocycles. The van der Waals surface area contributed by atoms with Crippen molar-refractivity contribution in [2.45, 2.75) is 64.0 Å². The summed E-state index contributed by atoms with van der Waals surface area (Å²) in [6, 6.07) is 0. The third-order valence-corrected chi connectivity index (χ3v) is 4.26. The zero-order valence-corrected chi connectivity index (χ0v) is 11.0. The molecule has 2 fully saturated rings. The van der Waals surface area contributed by atoms with Gasteiger partial charge >= 0.3 is 0 Å². The largest absolute Gasteiger partial charge is 0.340 e. The molecule has 1 saturated heterocycles. The summed E-state index contributed by atoms with van der Waals surface area (Å²) in [5.74, 6) is 0.102. The third-order valence-electron chi connectivity index (χ3n) is 4.26. The fourth-order valence-electron chi connectivity index (χ4n) is 3.09. The number of nitrogens with one attached hydrogen (secondary N) is 1. The predicted octanol–water partition coefficient (Wildman–Crippen LogP) is 1.45. The van der Waals surface area contributed by atoms with E-state index in [1.807, 2.05) is 20.8 Å². The number of hydrogen-bond acceptors (Lipinski definition) is 2. The van der Waals surface area contributed by atoms with Crippen molar-refractivity contribution in [2.75, 3.05) is 6.54 Å². The first-order valence-corrected chi connectivity index (χ1v) is 6.59. The topological polar surface area (TPSA) is 49.4 Å². The van der Waals surface area contributed by atoms with Crippen LogP contribution in [0.2, 0.25) is 0 Å². The standard InChI is InChI=1S/C13H22N2O2/c1-4-15-11(17)13(8-6-5-7-9-13)14-10(16)12(15,2)3/h4-9H2,1-3H3,(H,14,16). The highest BCUT2D eigenvalue weighted by Gasteiger charge is 2.53. The number of carbonyl (C=O) groups excluding carboxylic acids is 2. The summed E-state index contributed by atoms with van der Waals surface area (Å²) in [6.07, 6.45) is 4.82. The van der Waals surface area contributed by atoms with E-state index in [9.17, 15) is 9.59 Å². The summed E-state index contributed by atoms with van der Waals surface area (Å²) in [6.45, 7) is 6.18. The van der Waals surface area contributed by atoms with Crippen LogP contribution in [-0.2, 0) is 9.59 Å². The molecule has 0 aromatic rings. The Balaban J connectivity index is 2.33. The zero-order chi connectivity index (χ0) is 12.7. The van der Waals surface area contributed by atoms with Crippen molar-refractivity contribution in [1.29, 1.82) is 0 Å². The lowest BCUT2D eigenvalue weighted by atomic mass is 9.76. The van der Waals surface area contributed by atoms with Crippen molar-refractivity contribution in [3.05, 3.63) is 0 Å². The van der Waals surface area contributed by atoms with Crippen LogP contribution in [0.1, 0.15) is 52.9 Å². The van der Waals surface area contributed by atoms with Crippen LogP contribution in [0.3, 0.4) is 0 Å². The average Bonchev–Trinajstić information content (AvgIpc) is 2.29. The first-order valence-electron chi connectivity index (χ1n) is 6.59. The Hall–Kier alpha value is -1.06. The second kappa shape index (κ2) is 4.00. The minimum atomic E-state index is -0.714. The van der Waals surface area contributed by atoms with Crippen molar-refractivity contribution < 1.29 is 9.59 Å².